The Kier molecular flexibility index (Phi) is 3.99. The Morgan fingerprint density at radius 2 is 2.08 bits per heavy atom. The molecule has 0 unspecified atom stereocenters. The topological polar surface area (TPSA) is 78.4 Å². The summed E-state index contributed by atoms with van der Waals surface area (Å²) in [7, 11) is 0. The zero-order valence-electron chi connectivity index (χ0n) is 14.1. The highest BCUT2D eigenvalue weighted by Crippen LogP contribution is 2.38. The van der Waals surface area contributed by atoms with Gasteiger partial charge in [-0.2, -0.15) is 0 Å². The van der Waals surface area contributed by atoms with E-state index in [9.17, 15) is 14.3 Å². The summed E-state index contributed by atoms with van der Waals surface area (Å²) in [4.78, 5) is 20.6. The van der Waals surface area contributed by atoms with Gasteiger partial charge in [-0.05, 0) is 39.7 Å². The molecule has 2 N–H and O–H groups in total. The van der Waals surface area contributed by atoms with Crippen LogP contribution < -0.4 is 0 Å². The fourth-order valence-corrected chi connectivity index (χ4v) is 3.09. The molecule has 2 aromatic rings. The standard InChI is InChI=1S/C17H22FN3O3/c1-16(2,3)24-15(22)21-8-5-17(23,6-9-21)13-11-4-7-19-14(11)20-10-12(13)18/h4,7,10,23H,5-6,8-9H2,1-3H3,(H,19,20). The lowest BCUT2D eigenvalue weighted by Crippen LogP contribution is -2.47. The number of aromatic amines is 1. The quantitative estimate of drug-likeness (QED) is 0.840. The van der Waals surface area contributed by atoms with E-state index in [-0.39, 0.29) is 18.4 Å². The lowest BCUT2D eigenvalue weighted by molar-refractivity contribution is -0.0365. The van der Waals surface area contributed by atoms with Crippen molar-refractivity contribution in [3.63, 3.8) is 0 Å². The van der Waals surface area contributed by atoms with Crippen LogP contribution in [0.2, 0.25) is 0 Å². The summed E-state index contributed by atoms with van der Waals surface area (Å²) in [5.74, 6) is -0.532. The van der Waals surface area contributed by atoms with Crippen LogP contribution in [0.15, 0.2) is 18.5 Å². The van der Waals surface area contributed by atoms with Gasteiger partial charge in [0.05, 0.1) is 11.8 Å². The van der Waals surface area contributed by atoms with Crippen LogP contribution in [-0.2, 0) is 10.3 Å². The number of carbonyl (C=O) groups excluding carboxylic acids is 1. The van der Waals surface area contributed by atoms with Gasteiger partial charge in [-0.3, -0.25) is 0 Å². The lowest BCUT2D eigenvalue weighted by atomic mass is 9.83. The van der Waals surface area contributed by atoms with Gasteiger partial charge in [0, 0.05) is 30.2 Å². The summed E-state index contributed by atoms with van der Waals surface area (Å²) in [6.07, 6.45) is 2.86. The van der Waals surface area contributed by atoms with E-state index in [1.165, 1.54) is 0 Å². The second kappa shape index (κ2) is 5.73. The van der Waals surface area contributed by atoms with E-state index in [2.05, 4.69) is 9.97 Å². The third-order valence-corrected chi connectivity index (χ3v) is 4.25. The van der Waals surface area contributed by atoms with E-state index in [0.717, 1.165) is 6.20 Å². The summed E-state index contributed by atoms with van der Waals surface area (Å²) in [6.45, 7) is 6.03. The van der Waals surface area contributed by atoms with E-state index in [0.29, 0.717) is 24.1 Å². The van der Waals surface area contributed by atoms with Crippen LogP contribution in [0.4, 0.5) is 9.18 Å². The van der Waals surface area contributed by atoms with Crippen LogP contribution >= 0.6 is 0 Å². The van der Waals surface area contributed by atoms with Crippen LogP contribution in [0.1, 0.15) is 39.2 Å². The van der Waals surface area contributed by atoms with E-state index in [4.69, 9.17) is 4.74 Å². The Morgan fingerprint density at radius 1 is 1.42 bits per heavy atom. The maximum atomic E-state index is 14.4. The number of piperidine rings is 1. The third kappa shape index (κ3) is 3.08. The number of pyridine rings is 1. The molecule has 0 saturated carbocycles. The molecule has 0 aromatic carbocycles. The molecule has 24 heavy (non-hydrogen) atoms. The summed E-state index contributed by atoms with van der Waals surface area (Å²) in [5.41, 5.74) is -1.11. The molecule has 0 radical (unpaired) electrons. The van der Waals surface area contributed by atoms with Gasteiger partial charge in [0.25, 0.3) is 0 Å². The number of H-pyrrole nitrogens is 1. The Balaban J connectivity index is 1.81. The Bertz CT molecular complexity index is 758. The first-order valence-corrected chi connectivity index (χ1v) is 8.02. The van der Waals surface area contributed by atoms with Gasteiger partial charge in [0.2, 0.25) is 0 Å². The van der Waals surface area contributed by atoms with Gasteiger partial charge in [0.1, 0.15) is 17.1 Å². The molecule has 1 saturated heterocycles. The number of ether oxygens (including phenoxy) is 1. The minimum absolute atomic E-state index is 0.244. The van der Waals surface area contributed by atoms with Crippen LogP contribution in [-0.4, -0.2) is 44.8 Å². The number of aliphatic hydroxyl groups is 1. The van der Waals surface area contributed by atoms with Gasteiger partial charge in [0.15, 0.2) is 0 Å². The summed E-state index contributed by atoms with van der Waals surface area (Å²) >= 11 is 0. The molecule has 130 valence electrons. The first-order valence-electron chi connectivity index (χ1n) is 8.02. The van der Waals surface area contributed by atoms with Crippen molar-refractivity contribution in [2.45, 2.75) is 44.8 Å². The molecule has 0 spiro atoms. The number of hydrogen-bond acceptors (Lipinski definition) is 4. The lowest BCUT2D eigenvalue weighted by Gasteiger charge is -2.39. The summed E-state index contributed by atoms with van der Waals surface area (Å²) in [5, 5.41) is 11.6. The van der Waals surface area contributed by atoms with Crippen molar-refractivity contribution >= 4 is 17.1 Å². The van der Waals surface area contributed by atoms with Crippen molar-refractivity contribution in [3.8, 4) is 0 Å². The first-order chi connectivity index (χ1) is 11.2. The Morgan fingerprint density at radius 3 is 2.71 bits per heavy atom. The highest BCUT2D eigenvalue weighted by atomic mass is 19.1. The predicted molar refractivity (Wildman–Crippen MR) is 87.0 cm³/mol. The largest absolute Gasteiger partial charge is 0.444 e. The van der Waals surface area contributed by atoms with Gasteiger partial charge >= 0.3 is 6.09 Å². The van der Waals surface area contributed by atoms with Gasteiger partial charge < -0.3 is 19.7 Å². The number of halogens is 1. The molecule has 0 bridgehead atoms. The monoisotopic (exact) mass is 335 g/mol. The molecule has 1 aliphatic heterocycles. The SMILES string of the molecule is CC(C)(C)OC(=O)N1CCC(O)(c2c(F)cnc3[nH]ccc23)CC1. The zero-order chi connectivity index (χ0) is 17.5. The molecule has 1 aliphatic rings. The van der Waals surface area contributed by atoms with Gasteiger partial charge in [-0.15, -0.1) is 0 Å². The number of nitrogens with one attached hydrogen (secondary N) is 1. The molecule has 3 rings (SSSR count). The maximum Gasteiger partial charge on any atom is 0.410 e. The molecule has 1 fully saturated rings. The average Bonchev–Trinajstić information content (AvgIpc) is 2.93. The molecule has 2 aromatic heterocycles. The molecule has 6 nitrogen and oxygen atoms in total. The fraction of sp³-hybridized carbons (Fsp3) is 0.529. The summed E-state index contributed by atoms with van der Waals surface area (Å²) < 4.78 is 19.7. The van der Waals surface area contributed by atoms with Gasteiger partial charge in [-0.25, -0.2) is 14.2 Å². The number of carbonyl (C=O) groups is 1. The van der Waals surface area contributed by atoms with Crippen molar-refractivity contribution in [2.75, 3.05) is 13.1 Å². The van der Waals surface area contributed by atoms with Crippen molar-refractivity contribution in [2.24, 2.45) is 0 Å². The minimum Gasteiger partial charge on any atom is -0.444 e. The van der Waals surface area contributed by atoms with E-state index < -0.39 is 23.1 Å². The molecule has 3 heterocycles. The van der Waals surface area contributed by atoms with Crippen LogP contribution in [0.5, 0.6) is 0 Å². The Hall–Kier alpha value is -2.15. The zero-order valence-corrected chi connectivity index (χ0v) is 14.1. The van der Waals surface area contributed by atoms with Crippen molar-refractivity contribution in [1.82, 2.24) is 14.9 Å². The molecule has 0 atom stereocenters. The number of likely N-dealkylation sites (tertiary alicyclic amines) is 1. The van der Waals surface area contributed by atoms with Crippen molar-refractivity contribution in [1.29, 1.82) is 0 Å². The highest BCUT2D eigenvalue weighted by Gasteiger charge is 2.39. The van der Waals surface area contributed by atoms with Gasteiger partial charge in [-0.1, -0.05) is 0 Å². The molecular formula is C17H22FN3O3. The molecule has 0 aliphatic carbocycles. The van der Waals surface area contributed by atoms with E-state index in [1.807, 2.05) is 0 Å². The number of rotatable bonds is 1. The fourth-order valence-electron chi connectivity index (χ4n) is 3.09. The third-order valence-electron chi connectivity index (χ3n) is 4.25. The van der Waals surface area contributed by atoms with E-state index in [1.54, 1.807) is 37.9 Å². The van der Waals surface area contributed by atoms with Crippen LogP contribution in [0.3, 0.4) is 0 Å². The normalized spacial score (nSPS) is 18.0. The smallest absolute Gasteiger partial charge is 0.410 e. The second-order valence-electron chi connectivity index (χ2n) is 7.22. The van der Waals surface area contributed by atoms with Crippen molar-refractivity contribution in [3.05, 3.63) is 29.8 Å². The van der Waals surface area contributed by atoms with Crippen molar-refractivity contribution < 1.29 is 19.0 Å². The van der Waals surface area contributed by atoms with E-state index >= 15 is 0 Å². The number of amides is 1. The Labute approximate surface area is 139 Å². The maximum absolute atomic E-state index is 14.4. The molecule has 7 heteroatoms. The molecule has 1 amide bonds. The molecular weight excluding hydrogens is 313 g/mol. The predicted octanol–water partition coefficient (Wildman–Crippen LogP) is 2.92. The second-order valence-corrected chi connectivity index (χ2v) is 7.22. The first kappa shape index (κ1) is 16.7. The van der Waals surface area contributed by atoms with Crippen LogP contribution in [0.25, 0.3) is 11.0 Å². The number of fused-ring (bicyclic) bond motifs is 1. The number of hydrogen-bond donors (Lipinski definition) is 2. The average molecular weight is 335 g/mol. The minimum atomic E-state index is -1.33. The number of aromatic nitrogens is 2. The highest BCUT2D eigenvalue weighted by molar-refractivity contribution is 5.80. The van der Waals surface area contributed by atoms with Crippen LogP contribution in [0, 0.1) is 5.82 Å². The number of nitrogens with zero attached hydrogens (tertiary/aromatic N) is 2. The summed E-state index contributed by atoms with van der Waals surface area (Å²) in [6, 6.07) is 1.71.